The monoisotopic (exact) mass is 545 g/mol. The van der Waals surface area contributed by atoms with Crippen molar-refractivity contribution < 1.29 is 47.2 Å². The summed E-state index contributed by atoms with van der Waals surface area (Å²) in [4.78, 5) is 50.0. The Morgan fingerprint density at radius 2 is 1.86 bits per heavy atom. The van der Waals surface area contributed by atoms with Crippen molar-refractivity contribution in [2.75, 3.05) is 0 Å². The van der Waals surface area contributed by atoms with Gasteiger partial charge in [-0.2, -0.15) is 8.78 Å². The fourth-order valence-electron chi connectivity index (χ4n) is 4.14. The number of Topliss-reactive ketones (excluding diaryl/α,β-unsaturated/α-hetero) is 1. The van der Waals surface area contributed by atoms with Gasteiger partial charge in [0.15, 0.2) is 0 Å². The molecule has 13 heteroatoms. The molecule has 2 aromatic carbocycles. The smallest absolute Gasteiger partial charge is 0.405 e. The highest BCUT2D eigenvalue weighted by atomic mass is 35.5. The number of carbonyl (C=O) groups excluding carboxylic acids is 4. The molecule has 0 radical (unpaired) electrons. The van der Waals surface area contributed by atoms with E-state index < -0.39 is 59.5 Å². The number of aryl methyl sites for hydroxylation is 1. The number of ether oxygens (including phenoxy) is 1. The Labute approximate surface area is 212 Å². The molecule has 2 aliphatic heterocycles. The standard InChI is InChI=1S/C24H18ClF5N2O5/c25-14-3-5-16(18(10-14)37-24(28,29)30)23(26,27)19(33)7-2-12-1-4-15-13(9-12)11-32(22(15)36)17-6-8-20(34)31-21(17)35/h1,3-5,9-10,17H,2,6-8,11H2,(H,31,34,35)/t17-/m0/s1/i17D. The molecule has 0 spiro atoms. The van der Waals surface area contributed by atoms with Gasteiger partial charge in [0.05, 0.1) is 6.93 Å². The highest BCUT2D eigenvalue weighted by Crippen LogP contribution is 2.40. The summed E-state index contributed by atoms with van der Waals surface area (Å²) in [6.45, 7) is -0.153. The Morgan fingerprint density at radius 1 is 1.14 bits per heavy atom. The second kappa shape index (κ2) is 9.73. The third kappa shape index (κ3) is 5.58. The molecule has 2 aromatic rings. The van der Waals surface area contributed by atoms with Gasteiger partial charge in [-0.15, -0.1) is 13.2 Å². The lowest BCUT2D eigenvalue weighted by atomic mass is 9.97. The van der Waals surface area contributed by atoms with Crippen LogP contribution < -0.4 is 10.1 Å². The number of hydrogen-bond acceptors (Lipinski definition) is 5. The van der Waals surface area contributed by atoms with Gasteiger partial charge in [-0.3, -0.25) is 24.5 Å². The first-order valence-corrected chi connectivity index (χ1v) is 11.2. The van der Waals surface area contributed by atoms with E-state index in [4.69, 9.17) is 13.0 Å². The molecule has 2 aliphatic rings. The molecule has 7 nitrogen and oxygen atoms in total. The van der Waals surface area contributed by atoms with E-state index in [0.717, 1.165) is 11.0 Å². The van der Waals surface area contributed by atoms with E-state index in [0.29, 0.717) is 23.3 Å². The van der Waals surface area contributed by atoms with E-state index in [9.17, 15) is 41.1 Å². The third-order valence-corrected chi connectivity index (χ3v) is 6.14. The maximum Gasteiger partial charge on any atom is 0.573 e. The zero-order chi connectivity index (χ0) is 28.0. The summed E-state index contributed by atoms with van der Waals surface area (Å²) >= 11 is 5.60. The average Bonchev–Trinajstić information content (AvgIpc) is 3.15. The third-order valence-electron chi connectivity index (χ3n) is 5.90. The number of amides is 3. The number of alkyl halides is 5. The molecular formula is C24H18ClF5N2O5. The van der Waals surface area contributed by atoms with Crippen LogP contribution in [0.3, 0.4) is 0 Å². The number of piperidine rings is 1. The Hall–Kier alpha value is -3.54. The van der Waals surface area contributed by atoms with Gasteiger partial charge < -0.3 is 9.64 Å². The van der Waals surface area contributed by atoms with Crippen LogP contribution in [0.5, 0.6) is 5.75 Å². The molecule has 0 bridgehead atoms. The molecule has 1 N–H and O–H groups in total. The zero-order valence-corrected chi connectivity index (χ0v) is 19.5. The lowest BCUT2D eigenvalue weighted by molar-refractivity contribution is -0.275. The minimum Gasteiger partial charge on any atom is -0.405 e. The Morgan fingerprint density at radius 3 is 2.54 bits per heavy atom. The maximum atomic E-state index is 14.9. The fraction of sp³-hybridized carbons (Fsp3) is 0.333. The molecule has 0 aliphatic carbocycles. The van der Waals surface area contributed by atoms with Crippen molar-refractivity contribution in [2.45, 2.75) is 50.5 Å². The van der Waals surface area contributed by atoms with Crippen molar-refractivity contribution >= 4 is 35.1 Å². The lowest BCUT2D eigenvalue weighted by Crippen LogP contribution is -2.52. The average molecular weight is 546 g/mol. The van der Waals surface area contributed by atoms with Crippen LogP contribution in [0.15, 0.2) is 36.4 Å². The molecule has 37 heavy (non-hydrogen) atoms. The highest BCUT2D eigenvalue weighted by molar-refractivity contribution is 6.30. The van der Waals surface area contributed by atoms with Crippen molar-refractivity contribution in [2.24, 2.45) is 0 Å². The van der Waals surface area contributed by atoms with Gasteiger partial charge in [0.25, 0.3) is 5.91 Å². The Bertz CT molecular complexity index is 1350. The van der Waals surface area contributed by atoms with Gasteiger partial charge in [0.2, 0.25) is 17.6 Å². The number of imide groups is 1. The second-order valence-electron chi connectivity index (χ2n) is 8.39. The van der Waals surface area contributed by atoms with Crippen LogP contribution in [-0.4, -0.2) is 40.8 Å². The molecular weight excluding hydrogens is 527 g/mol. The molecule has 0 unspecified atom stereocenters. The maximum absolute atomic E-state index is 14.9. The van der Waals surface area contributed by atoms with E-state index in [1.807, 2.05) is 5.32 Å². The first-order chi connectivity index (χ1) is 17.6. The molecule has 0 aromatic heterocycles. The van der Waals surface area contributed by atoms with Crippen molar-refractivity contribution in [1.82, 2.24) is 10.2 Å². The highest BCUT2D eigenvalue weighted by Gasteiger charge is 2.45. The van der Waals surface area contributed by atoms with Gasteiger partial charge in [0.1, 0.15) is 11.8 Å². The number of carbonyl (C=O) groups is 4. The molecule has 1 fully saturated rings. The quantitative estimate of drug-likeness (QED) is 0.414. The minimum absolute atomic E-state index is 0.125. The van der Waals surface area contributed by atoms with Crippen LogP contribution in [0, 0.1) is 0 Å². The summed E-state index contributed by atoms with van der Waals surface area (Å²) in [5.41, 5.74) is -0.351. The van der Waals surface area contributed by atoms with Gasteiger partial charge >= 0.3 is 12.3 Å². The molecule has 1 atom stereocenters. The topological polar surface area (TPSA) is 92.8 Å². The lowest BCUT2D eigenvalue weighted by Gasteiger charge is -2.29. The fourth-order valence-corrected chi connectivity index (χ4v) is 4.30. The molecule has 3 amide bonds. The normalized spacial score (nSPS) is 20.4. The number of hydrogen-bond donors (Lipinski definition) is 1. The predicted molar refractivity (Wildman–Crippen MR) is 118 cm³/mol. The number of nitrogens with one attached hydrogen (secondary N) is 1. The Balaban J connectivity index is 1.49. The summed E-state index contributed by atoms with van der Waals surface area (Å²) in [7, 11) is 0. The molecule has 196 valence electrons. The van der Waals surface area contributed by atoms with Crippen LogP contribution in [0.2, 0.25) is 5.02 Å². The molecule has 0 saturated carbocycles. The van der Waals surface area contributed by atoms with Crippen molar-refractivity contribution in [3.63, 3.8) is 0 Å². The first kappa shape index (κ1) is 25.1. The van der Waals surface area contributed by atoms with Gasteiger partial charge in [-0.25, -0.2) is 0 Å². The molecule has 2 heterocycles. The number of rotatable bonds is 7. The number of fused-ring (bicyclic) bond motifs is 1. The van der Waals surface area contributed by atoms with E-state index in [-0.39, 0.29) is 36.4 Å². The largest absolute Gasteiger partial charge is 0.573 e. The van der Waals surface area contributed by atoms with Crippen LogP contribution in [0.4, 0.5) is 22.0 Å². The molecule has 1 saturated heterocycles. The SMILES string of the molecule is [2H][C@]1(N2Cc3cc(CCC(=O)C(F)(F)c4ccc(Cl)cc4OC(F)(F)F)ccc3C2=O)CCC(=O)NC1=O. The zero-order valence-electron chi connectivity index (χ0n) is 19.8. The van der Waals surface area contributed by atoms with Crippen LogP contribution in [0.25, 0.3) is 0 Å². The number of nitrogens with zero attached hydrogens (tertiary/aromatic N) is 1. The number of halogens is 6. The predicted octanol–water partition coefficient (Wildman–Crippen LogP) is 4.29. The first-order valence-electron chi connectivity index (χ1n) is 11.4. The van der Waals surface area contributed by atoms with Crippen LogP contribution in [-0.2, 0) is 33.3 Å². The number of ketones is 1. The molecule has 4 rings (SSSR count). The second-order valence-corrected chi connectivity index (χ2v) is 8.83. The van der Waals surface area contributed by atoms with E-state index >= 15 is 0 Å². The van der Waals surface area contributed by atoms with E-state index in [1.165, 1.54) is 18.2 Å². The van der Waals surface area contributed by atoms with Gasteiger partial charge in [-0.1, -0.05) is 23.7 Å². The van der Waals surface area contributed by atoms with Crippen molar-refractivity contribution in [3.8, 4) is 5.75 Å². The van der Waals surface area contributed by atoms with Crippen molar-refractivity contribution in [1.29, 1.82) is 0 Å². The summed E-state index contributed by atoms with van der Waals surface area (Å²) in [6, 6.07) is 4.28. The Kier molecular flexibility index (Phi) is 6.61. The summed E-state index contributed by atoms with van der Waals surface area (Å²) < 4.78 is 79.9. The van der Waals surface area contributed by atoms with E-state index in [2.05, 4.69) is 4.74 Å². The summed E-state index contributed by atoms with van der Waals surface area (Å²) in [5, 5.41) is 1.74. The van der Waals surface area contributed by atoms with Crippen LogP contribution in [0.1, 0.15) is 47.7 Å². The van der Waals surface area contributed by atoms with Crippen molar-refractivity contribution in [3.05, 3.63) is 63.7 Å². The summed E-state index contributed by atoms with van der Waals surface area (Å²) in [5.74, 6) is -9.39. The summed E-state index contributed by atoms with van der Waals surface area (Å²) in [6.07, 6.45) is -6.61. The minimum atomic E-state index is -5.29. The van der Waals surface area contributed by atoms with Crippen LogP contribution >= 0.6 is 11.6 Å². The number of benzene rings is 2. The van der Waals surface area contributed by atoms with E-state index in [1.54, 1.807) is 0 Å². The van der Waals surface area contributed by atoms with Gasteiger partial charge in [0, 0.05) is 30.0 Å². The van der Waals surface area contributed by atoms with Gasteiger partial charge in [-0.05, 0) is 48.2 Å².